The number of rotatable bonds is 7. The van der Waals surface area contributed by atoms with Crippen molar-refractivity contribution in [3.8, 4) is 68.6 Å². The molecule has 0 atom stereocenters. The minimum atomic E-state index is 0.0471. The minimum Gasteiger partial charge on any atom is -0.458 e. The Balaban J connectivity index is 0.0000000982. The first-order valence-corrected chi connectivity index (χ1v) is 52.0. The summed E-state index contributed by atoms with van der Waals surface area (Å²) in [7, 11) is 0. The van der Waals surface area contributed by atoms with Crippen LogP contribution in [0.2, 0.25) is 0 Å². The van der Waals surface area contributed by atoms with Crippen molar-refractivity contribution in [2.75, 3.05) is 4.90 Å². The van der Waals surface area contributed by atoms with Gasteiger partial charge in [-0.3, -0.25) is 0 Å². The standard InChI is InChI=1S/C48H30BN3O.C42H25BN2O2.C42H25BN2S2/c1-3-15-31(16-4-1)50-38-23-11-7-19-34(38)46-41(50)27-28-42-47(46)35-20-8-12-24-39(35)52(42)33-29-43-48-45(30-33)53-44-26-14-10-22-37(44)49(48)36-21-9-13-25-40(36)51(43)32-17-5-2-6-18-32;2*1-2-12-26(13-3-1)44-32-18-8-4-14-28(32)40-34(44)22-23-35-41(40)29-15-5-9-19-33(29)45(35)27-24-38-42-39(25-27)47-37-21-11-7-17-31(37)43(42)30-16-6-10-20-36(30)46-38/h1-30H;2*1-25H. The lowest BCUT2D eigenvalue weighted by Gasteiger charge is -2.40. The van der Waals surface area contributed by atoms with Crippen LogP contribution in [0.5, 0.6) is 34.5 Å². The number of benzene rings is 22. The Morgan fingerprint density at radius 1 is 0.156 bits per heavy atom. The van der Waals surface area contributed by atoms with E-state index in [4.69, 9.17) is 14.2 Å². The van der Waals surface area contributed by atoms with Crippen LogP contribution in [0.15, 0.2) is 505 Å². The number of aromatic nitrogens is 6. The molecule has 0 radical (unpaired) electrons. The van der Waals surface area contributed by atoms with Gasteiger partial charge in [-0.15, -0.1) is 0 Å². The average molecular weight is 1910 g/mol. The molecule has 0 bridgehead atoms. The van der Waals surface area contributed by atoms with Gasteiger partial charge in [0.15, 0.2) is 0 Å². The molecule has 0 N–H and O–H groups in total. The molecule has 22 aromatic carbocycles. The second-order valence-electron chi connectivity index (χ2n) is 39.0. The number of anilines is 3. The van der Waals surface area contributed by atoms with Gasteiger partial charge in [-0.25, -0.2) is 0 Å². The SMILES string of the molecule is c1ccc(-n2c3ccccc3c3c4c5ccccc5n(-c5cc6c7c(c5)Oc5ccccc5B7c5ccccc5O6)c4ccc32)cc1.c1ccc(-n2c3ccccc3c3c4c5ccccc5n(-c5cc6c7c(c5)Sc5ccccc5B7c5ccccc5S6)c4ccc32)cc1.c1ccc(N2c3ccccc3B3c4ccccc4Oc4cc(-n5c6ccccc6c6c7c8ccccc8n(-c8ccccc8)c7ccc65)cc2c43)cc1. The molecule has 682 valence electrons. The van der Waals surface area contributed by atoms with E-state index >= 15 is 0 Å². The number of nitrogens with zero attached hydrogens (tertiary/aromatic N) is 7. The van der Waals surface area contributed by atoms with Crippen LogP contribution >= 0.6 is 23.5 Å². The number of hydrogen-bond donors (Lipinski definition) is 0. The quantitative estimate of drug-likeness (QED) is 0.148. The molecule has 6 aromatic heterocycles. The lowest BCUT2D eigenvalue weighted by Crippen LogP contribution is -2.59. The molecule has 0 saturated carbocycles. The monoisotopic (exact) mass is 1910 g/mol. The number of fused-ring (bicyclic) bond motifs is 33. The van der Waals surface area contributed by atoms with E-state index in [0.29, 0.717) is 0 Å². The summed E-state index contributed by atoms with van der Waals surface area (Å²) in [6.07, 6.45) is 0. The van der Waals surface area contributed by atoms with Crippen LogP contribution in [0.3, 0.4) is 0 Å². The fraction of sp³-hybridized carbons (Fsp3) is 0. The zero-order valence-corrected chi connectivity index (χ0v) is 80.7. The van der Waals surface area contributed by atoms with Gasteiger partial charge in [0, 0.05) is 148 Å². The summed E-state index contributed by atoms with van der Waals surface area (Å²) in [5.41, 5.74) is 35.9. The lowest BCUT2D eigenvalue weighted by molar-refractivity contribution is 0.464. The van der Waals surface area contributed by atoms with Crippen LogP contribution in [0, 0.1) is 0 Å². The molecule has 6 aliphatic rings. The van der Waals surface area contributed by atoms with Gasteiger partial charge < -0.3 is 46.5 Å². The zero-order valence-electron chi connectivity index (χ0n) is 79.1. The Bertz CT molecular complexity index is 9990. The molecule has 0 aliphatic carbocycles. The molecular weight excluding hydrogens is 1830 g/mol. The predicted molar refractivity (Wildman–Crippen MR) is 615 cm³/mol. The summed E-state index contributed by atoms with van der Waals surface area (Å²) >= 11 is 3.84. The Kier molecular flexibility index (Phi) is 18.0. The molecule has 0 fully saturated rings. The maximum Gasteiger partial charge on any atom is 0.260 e. The Labute approximate surface area is 854 Å². The molecule has 6 aliphatic heterocycles. The van der Waals surface area contributed by atoms with E-state index in [-0.39, 0.29) is 20.1 Å². The summed E-state index contributed by atoms with van der Waals surface area (Å²) in [5.74, 6) is 5.26. The van der Waals surface area contributed by atoms with Crippen molar-refractivity contribution in [2.24, 2.45) is 0 Å². The van der Waals surface area contributed by atoms with Gasteiger partial charge in [-0.1, -0.05) is 326 Å². The van der Waals surface area contributed by atoms with Crippen LogP contribution in [-0.4, -0.2) is 47.5 Å². The van der Waals surface area contributed by atoms with Gasteiger partial charge in [-0.2, -0.15) is 0 Å². The van der Waals surface area contributed by atoms with Crippen molar-refractivity contribution in [3.05, 3.63) is 485 Å². The van der Waals surface area contributed by atoms with Crippen molar-refractivity contribution < 1.29 is 14.2 Å². The van der Waals surface area contributed by atoms with Crippen molar-refractivity contribution in [2.45, 2.75) is 19.6 Å². The summed E-state index contributed by atoms with van der Waals surface area (Å²) in [5, 5.41) is 15.1. The van der Waals surface area contributed by atoms with Crippen molar-refractivity contribution in [1.29, 1.82) is 0 Å². The van der Waals surface area contributed by atoms with Crippen molar-refractivity contribution in [1.82, 2.24) is 27.4 Å². The van der Waals surface area contributed by atoms with E-state index in [1.54, 1.807) is 0 Å². The molecule has 10 nitrogen and oxygen atoms in total. The predicted octanol–water partition coefficient (Wildman–Crippen LogP) is 28.2. The third kappa shape index (κ3) is 12.1. The van der Waals surface area contributed by atoms with Crippen molar-refractivity contribution in [3.63, 3.8) is 0 Å². The Morgan fingerprint density at radius 3 is 0.762 bits per heavy atom. The molecule has 0 unspecified atom stereocenters. The lowest BCUT2D eigenvalue weighted by atomic mass is 9.34. The van der Waals surface area contributed by atoms with Gasteiger partial charge >= 0.3 is 0 Å². The van der Waals surface area contributed by atoms with Crippen LogP contribution in [0.1, 0.15) is 0 Å². The second-order valence-corrected chi connectivity index (χ2v) is 41.2. The minimum absolute atomic E-state index is 0.0471. The average Bonchev–Trinajstić information content (AvgIpc) is 1.57. The summed E-state index contributed by atoms with van der Waals surface area (Å²) in [4.78, 5) is 7.84. The van der Waals surface area contributed by atoms with Crippen molar-refractivity contribution >= 4 is 241 Å². The molecule has 0 amide bonds. The molecule has 147 heavy (non-hydrogen) atoms. The van der Waals surface area contributed by atoms with Crippen LogP contribution in [-0.2, 0) is 0 Å². The van der Waals surface area contributed by atoms with E-state index in [9.17, 15) is 0 Å². The van der Waals surface area contributed by atoms with Gasteiger partial charge in [0.05, 0.1) is 77.6 Å². The molecule has 0 spiro atoms. The maximum absolute atomic E-state index is 6.92. The Hall–Kier alpha value is -18.3. The molecular formula is C132H80B3N7O3S2. The summed E-state index contributed by atoms with van der Waals surface area (Å²) in [6.45, 7) is 0.355. The van der Waals surface area contributed by atoms with Crippen LogP contribution in [0.25, 0.3) is 165 Å². The highest BCUT2D eigenvalue weighted by molar-refractivity contribution is 8.01. The first-order valence-electron chi connectivity index (χ1n) is 50.4. The third-order valence-corrected chi connectivity index (χ3v) is 33.7. The van der Waals surface area contributed by atoms with Crippen LogP contribution in [0.4, 0.5) is 17.1 Å². The van der Waals surface area contributed by atoms with E-state index in [2.05, 4.69) is 505 Å². The number of para-hydroxylation sites is 14. The largest absolute Gasteiger partial charge is 0.458 e. The zero-order chi connectivity index (χ0) is 95.9. The fourth-order valence-corrected chi connectivity index (χ4v) is 28.1. The van der Waals surface area contributed by atoms with Gasteiger partial charge in [-0.05, 0) is 209 Å². The van der Waals surface area contributed by atoms with Crippen LogP contribution < -0.4 is 68.3 Å². The molecule has 0 saturated heterocycles. The number of hydrogen-bond acceptors (Lipinski definition) is 6. The topological polar surface area (TPSA) is 60.5 Å². The highest BCUT2D eigenvalue weighted by Gasteiger charge is 2.45. The Morgan fingerprint density at radius 2 is 0.408 bits per heavy atom. The fourth-order valence-electron chi connectivity index (χ4n) is 25.6. The van der Waals surface area contributed by atoms with E-state index in [0.717, 1.165) is 96.2 Å². The number of ether oxygens (including phenoxy) is 3. The highest BCUT2D eigenvalue weighted by Crippen LogP contribution is 2.52. The third-order valence-electron chi connectivity index (χ3n) is 31.4. The van der Waals surface area contributed by atoms with E-state index < -0.39 is 0 Å². The highest BCUT2D eigenvalue weighted by atomic mass is 32.2. The first kappa shape index (κ1) is 82.3. The van der Waals surface area contributed by atoms with Gasteiger partial charge in [0.1, 0.15) is 34.5 Å². The molecule has 34 rings (SSSR count). The summed E-state index contributed by atoms with van der Waals surface area (Å²) < 4.78 is 34.8. The van der Waals surface area contributed by atoms with Gasteiger partial charge in [0.2, 0.25) is 6.71 Å². The molecule has 28 aromatic rings. The molecule has 15 heteroatoms. The molecule has 12 heterocycles. The first-order chi connectivity index (χ1) is 73.0. The second kappa shape index (κ2) is 32.1. The smallest absolute Gasteiger partial charge is 0.260 e. The van der Waals surface area contributed by atoms with E-state index in [1.807, 2.05) is 35.7 Å². The summed E-state index contributed by atoms with van der Waals surface area (Å²) in [6, 6.07) is 176. The van der Waals surface area contributed by atoms with Gasteiger partial charge in [0.25, 0.3) is 13.4 Å². The van der Waals surface area contributed by atoms with E-state index in [1.165, 1.54) is 189 Å². The normalized spacial score (nSPS) is 13.1. The maximum atomic E-state index is 6.92.